The van der Waals surface area contributed by atoms with Crippen LogP contribution >= 0.6 is 11.6 Å². The van der Waals surface area contributed by atoms with Gasteiger partial charge in [0.1, 0.15) is 0 Å². The molecule has 0 fully saturated rings. The molecule has 0 saturated heterocycles. The molecule has 1 rings (SSSR count). The molecule has 1 aromatic carbocycles. The Bertz CT molecular complexity index is 312. The van der Waals surface area contributed by atoms with Gasteiger partial charge in [-0.25, -0.2) is 0 Å². The van der Waals surface area contributed by atoms with Gasteiger partial charge >= 0.3 is 0 Å². The smallest absolute Gasteiger partial charge is 0.0412 e. The summed E-state index contributed by atoms with van der Waals surface area (Å²) < 4.78 is 0. The largest absolute Gasteiger partial charge is 0.326 e. The van der Waals surface area contributed by atoms with Gasteiger partial charge in [0.25, 0.3) is 0 Å². The van der Waals surface area contributed by atoms with Crippen LogP contribution in [0.1, 0.15) is 24.5 Å². The Morgan fingerprint density at radius 3 is 2.53 bits per heavy atom. The topological polar surface area (TPSA) is 29.3 Å². The van der Waals surface area contributed by atoms with Gasteiger partial charge in [0.05, 0.1) is 0 Å². The highest BCUT2D eigenvalue weighted by Crippen LogP contribution is 2.16. The van der Waals surface area contributed by atoms with E-state index in [0.717, 1.165) is 23.7 Å². The number of nitrogens with two attached hydrogens (primary N) is 1. The van der Waals surface area contributed by atoms with Crippen LogP contribution in [0.15, 0.2) is 18.2 Å². The third-order valence-corrected chi connectivity index (χ3v) is 2.53. The van der Waals surface area contributed by atoms with Gasteiger partial charge in [0.2, 0.25) is 0 Å². The molecule has 0 aliphatic carbocycles. The molecule has 15 heavy (non-hydrogen) atoms. The highest BCUT2D eigenvalue weighted by Gasteiger charge is 2.02. The van der Waals surface area contributed by atoms with Gasteiger partial charge in [-0.15, -0.1) is 0 Å². The van der Waals surface area contributed by atoms with Gasteiger partial charge in [-0.1, -0.05) is 24.6 Å². The van der Waals surface area contributed by atoms with E-state index in [9.17, 15) is 0 Å². The quantitative estimate of drug-likeness (QED) is 0.837. The van der Waals surface area contributed by atoms with Gasteiger partial charge in [-0.3, -0.25) is 0 Å². The Morgan fingerprint density at radius 2 is 1.93 bits per heavy atom. The van der Waals surface area contributed by atoms with Crippen molar-refractivity contribution < 1.29 is 0 Å². The number of hydrogen-bond donors (Lipinski definition) is 1. The lowest BCUT2D eigenvalue weighted by Crippen LogP contribution is -2.18. The molecular formula is C12H19ClN2. The molecule has 0 amide bonds. The standard InChI is InChI=1S/C12H19ClN2/c1-3-4-15(2)9-11-5-10(8-14)6-12(13)7-11/h5-7H,3-4,8-9,14H2,1-2H3. The minimum Gasteiger partial charge on any atom is -0.326 e. The first-order valence-corrected chi connectivity index (χ1v) is 5.70. The molecule has 0 bridgehead atoms. The van der Waals surface area contributed by atoms with Gasteiger partial charge in [0.15, 0.2) is 0 Å². The molecule has 0 unspecified atom stereocenters. The van der Waals surface area contributed by atoms with Crippen molar-refractivity contribution >= 4 is 11.6 Å². The summed E-state index contributed by atoms with van der Waals surface area (Å²) in [6.45, 7) is 4.76. The van der Waals surface area contributed by atoms with Crippen LogP contribution in [-0.2, 0) is 13.1 Å². The third-order valence-electron chi connectivity index (χ3n) is 2.31. The molecule has 0 heterocycles. The fourth-order valence-electron chi connectivity index (χ4n) is 1.70. The second kappa shape index (κ2) is 6.11. The fraction of sp³-hybridized carbons (Fsp3) is 0.500. The Labute approximate surface area is 97.0 Å². The van der Waals surface area contributed by atoms with Crippen LogP contribution in [0.2, 0.25) is 5.02 Å². The normalized spacial score (nSPS) is 11.0. The highest BCUT2D eigenvalue weighted by molar-refractivity contribution is 6.30. The van der Waals surface area contributed by atoms with E-state index >= 15 is 0 Å². The zero-order chi connectivity index (χ0) is 11.3. The summed E-state index contributed by atoms with van der Waals surface area (Å²) in [4.78, 5) is 2.28. The lowest BCUT2D eigenvalue weighted by Gasteiger charge is -2.16. The maximum Gasteiger partial charge on any atom is 0.0412 e. The van der Waals surface area contributed by atoms with Gasteiger partial charge in [-0.2, -0.15) is 0 Å². The van der Waals surface area contributed by atoms with Crippen LogP contribution in [0.3, 0.4) is 0 Å². The molecule has 0 spiro atoms. The van der Waals surface area contributed by atoms with E-state index < -0.39 is 0 Å². The summed E-state index contributed by atoms with van der Waals surface area (Å²) >= 11 is 6.02. The zero-order valence-corrected chi connectivity index (χ0v) is 10.2. The molecule has 0 aromatic heterocycles. The fourth-order valence-corrected chi connectivity index (χ4v) is 1.98. The number of nitrogens with zero attached hydrogens (tertiary/aromatic N) is 1. The minimum atomic E-state index is 0.547. The number of hydrogen-bond acceptors (Lipinski definition) is 2. The van der Waals surface area contributed by atoms with Crippen LogP contribution in [0, 0.1) is 0 Å². The predicted molar refractivity (Wildman–Crippen MR) is 66.0 cm³/mol. The van der Waals surface area contributed by atoms with Crippen molar-refractivity contribution in [2.24, 2.45) is 5.73 Å². The summed E-state index contributed by atoms with van der Waals surface area (Å²) in [5.41, 5.74) is 7.94. The van der Waals surface area contributed by atoms with Crippen molar-refractivity contribution in [2.75, 3.05) is 13.6 Å². The van der Waals surface area contributed by atoms with Crippen molar-refractivity contribution in [3.63, 3.8) is 0 Å². The second-order valence-electron chi connectivity index (χ2n) is 3.91. The summed E-state index contributed by atoms with van der Waals surface area (Å²) in [7, 11) is 2.12. The van der Waals surface area contributed by atoms with Crippen molar-refractivity contribution in [3.05, 3.63) is 34.3 Å². The maximum atomic E-state index is 6.02. The first-order valence-electron chi connectivity index (χ1n) is 5.32. The Balaban J connectivity index is 2.71. The molecule has 0 saturated carbocycles. The lowest BCUT2D eigenvalue weighted by molar-refractivity contribution is 0.327. The van der Waals surface area contributed by atoms with Gasteiger partial charge < -0.3 is 10.6 Å². The van der Waals surface area contributed by atoms with Crippen molar-refractivity contribution in [2.45, 2.75) is 26.4 Å². The second-order valence-corrected chi connectivity index (χ2v) is 4.35. The summed E-state index contributed by atoms with van der Waals surface area (Å²) in [5, 5.41) is 0.776. The monoisotopic (exact) mass is 226 g/mol. The average Bonchev–Trinajstić information content (AvgIpc) is 2.17. The molecule has 2 nitrogen and oxygen atoms in total. The van der Waals surface area contributed by atoms with E-state index in [2.05, 4.69) is 24.9 Å². The Morgan fingerprint density at radius 1 is 1.27 bits per heavy atom. The molecule has 0 atom stereocenters. The molecule has 1 aromatic rings. The van der Waals surface area contributed by atoms with Crippen LogP contribution in [0.25, 0.3) is 0 Å². The minimum absolute atomic E-state index is 0.547. The molecule has 3 heteroatoms. The van der Waals surface area contributed by atoms with Crippen LogP contribution < -0.4 is 5.73 Å². The van der Waals surface area contributed by atoms with E-state index in [-0.39, 0.29) is 0 Å². The molecular weight excluding hydrogens is 208 g/mol. The van der Waals surface area contributed by atoms with Crippen molar-refractivity contribution in [1.29, 1.82) is 0 Å². The van der Waals surface area contributed by atoms with E-state index in [1.54, 1.807) is 0 Å². The molecule has 0 aliphatic heterocycles. The number of rotatable bonds is 5. The van der Waals surface area contributed by atoms with Crippen molar-refractivity contribution in [1.82, 2.24) is 4.90 Å². The highest BCUT2D eigenvalue weighted by atomic mass is 35.5. The van der Waals surface area contributed by atoms with Gasteiger partial charge in [-0.05, 0) is 43.3 Å². The lowest BCUT2D eigenvalue weighted by atomic mass is 10.1. The van der Waals surface area contributed by atoms with E-state index in [1.165, 1.54) is 12.0 Å². The molecule has 2 N–H and O–H groups in total. The van der Waals surface area contributed by atoms with E-state index in [0.29, 0.717) is 6.54 Å². The van der Waals surface area contributed by atoms with Crippen LogP contribution in [0.5, 0.6) is 0 Å². The third kappa shape index (κ3) is 4.20. The molecule has 0 aliphatic rings. The average molecular weight is 227 g/mol. The predicted octanol–water partition coefficient (Wildman–Crippen LogP) is 2.64. The maximum absolute atomic E-state index is 6.02. The van der Waals surface area contributed by atoms with Crippen LogP contribution in [-0.4, -0.2) is 18.5 Å². The zero-order valence-electron chi connectivity index (χ0n) is 9.46. The number of benzene rings is 1. The summed E-state index contributed by atoms with van der Waals surface area (Å²) in [5.74, 6) is 0. The number of halogens is 1. The van der Waals surface area contributed by atoms with Gasteiger partial charge in [0, 0.05) is 18.1 Å². The summed E-state index contributed by atoms with van der Waals surface area (Å²) in [6.07, 6.45) is 1.17. The summed E-state index contributed by atoms with van der Waals surface area (Å²) in [6, 6.07) is 6.05. The Kier molecular flexibility index (Phi) is 5.09. The van der Waals surface area contributed by atoms with Crippen LogP contribution in [0.4, 0.5) is 0 Å². The molecule has 0 radical (unpaired) electrons. The first-order chi connectivity index (χ1) is 7.15. The molecule has 84 valence electrons. The SMILES string of the molecule is CCCN(C)Cc1cc(Cl)cc(CN)c1. The van der Waals surface area contributed by atoms with E-state index in [4.69, 9.17) is 17.3 Å². The first kappa shape index (κ1) is 12.5. The Hall–Kier alpha value is -0.570. The van der Waals surface area contributed by atoms with Crippen molar-refractivity contribution in [3.8, 4) is 0 Å². The van der Waals surface area contributed by atoms with E-state index in [1.807, 2.05) is 12.1 Å².